The van der Waals surface area contributed by atoms with E-state index in [9.17, 15) is 4.79 Å². The van der Waals surface area contributed by atoms with Crippen molar-refractivity contribution in [3.8, 4) is 0 Å². The summed E-state index contributed by atoms with van der Waals surface area (Å²) < 4.78 is 6.19. The molecule has 4 nitrogen and oxygen atoms in total. The monoisotopic (exact) mass is 356 g/mol. The number of methoxy groups -OCH3 is 1. The van der Waals surface area contributed by atoms with E-state index in [4.69, 9.17) is 4.74 Å². The molecule has 0 fully saturated rings. The average Bonchev–Trinajstić information content (AvgIpc) is 2.42. The third-order valence-corrected chi connectivity index (χ3v) is 4.26. The van der Waals surface area contributed by atoms with Gasteiger partial charge in [-0.25, -0.2) is 0 Å². The third-order valence-electron chi connectivity index (χ3n) is 3.52. The lowest BCUT2D eigenvalue weighted by Crippen LogP contribution is -2.48. The maximum absolute atomic E-state index is 12.3. The molecule has 0 aliphatic carbocycles. The number of halogens is 1. The Morgan fingerprint density at radius 1 is 1.43 bits per heavy atom. The van der Waals surface area contributed by atoms with Crippen LogP contribution in [0.25, 0.3) is 0 Å². The number of anilines is 1. The molecule has 0 saturated heterocycles. The van der Waals surface area contributed by atoms with Crippen LogP contribution >= 0.6 is 15.9 Å². The molecule has 0 aliphatic rings. The van der Waals surface area contributed by atoms with E-state index in [2.05, 4.69) is 33.5 Å². The van der Waals surface area contributed by atoms with Crippen LogP contribution in [0.5, 0.6) is 0 Å². The van der Waals surface area contributed by atoms with E-state index in [1.807, 2.05) is 39.0 Å². The average molecular weight is 357 g/mol. The van der Waals surface area contributed by atoms with Crippen molar-refractivity contribution in [3.05, 3.63) is 28.2 Å². The van der Waals surface area contributed by atoms with Gasteiger partial charge in [0.15, 0.2) is 0 Å². The van der Waals surface area contributed by atoms with Crippen molar-refractivity contribution < 1.29 is 9.53 Å². The third kappa shape index (κ3) is 5.32. The molecule has 0 spiro atoms. The molecule has 21 heavy (non-hydrogen) atoms. The molecule has 1 atom stereocenters. The molecule has 1 amide bonds. The van der Waals surface area contributed by atoms with Gasteiger partial charge in [0.2, 0.25) is 5.91 Å². The Morgan fingerprint density at radius 2 is 2.10 bits per heavy atom. The smallest absolute Gasteiger partial charge is 0.242 e. The number of carbonyl (C=O) groups is 1. The molecular weight excluding hydrogens is 332 g/mol. The zero-order valence-corrected chi connectivity index (χ0v) is 15.0. The minimum Gasteiger partial charge on any atom is -0.380 e. The van der Waals surface area contributed by atoms with Crippen LogP contribution in [0.4, 0.5) is 5.69 Å². The minimum absolute atomic E-state index is 0.00908. The first-order valence-corrected chi connectivity index (χ1v) is 7.95. The predicted octanol–water partition coefficient (Wildman–Crippen LogP) is 3.70. The fourth-order valence-corrected chi connectivity index (χ4v) is 2.29. The Hall–Kier alpha value is -1.07. The van der Waals surface area contributed by atoms with Crippen molar-refractivity contribution in [3.63, 3.8) is 0 Å². The van der Waals surface area contributed by atoms with Crippen molar-refractivity contribution in [1.29, 1.82) is 0 Å². The van der Waals surface area contributed by atoms with Crippen LogP contribution in [0.1, 0.15) is 39.7 Å². The van der Waals surface area contributed by atoms with E-state index in [1.165, 1.54) is 0 Å². The maximum Gasteiger partial charge on any atom is 0.242 e. The van der Waals surface area contributed by atoms with Crippen LogP contribution in [0, 0.1) is 0 Å². The summed E-state index contributed by atoms with van der Waals surface area (Å²) in [4.78, 5) is 12.3. The molecule has 118 valence electrons. The van der Waals surface area contributed by atoms with E-state index in [-0.39, 0.29) is 17.5 Å². The zero-order valence-electron chi connectivity index (χ0n) is 13.4. The molecule has 1 rings (SSSR count). The van der Waals surface area contributed by atoms with Crippen molar-refractivity contribution in [2.75, 3.05) is 12.4 Å². The van der Waals surface area contributed by atoms with Gasteiger partial charge in [0.1, 0.15) is 6.04 Å². The first kappa shape index (κ1) is 18.0. The van der Waals surface area contributed by atoms with Crippen molar-refractivity contribution in [1.82, 2.24) is 5.32 Å². The second-order valence-corrected chi connectivity index (χ2v) is 6.65. The van der Waals surface area contributed by atoms with E-state index < -0.39 is 0 Å². The quantitative estimate of drug-likeness (QED) is 0.782. The predicted molar refractivity (Wildman–Crippen MR) is 90.5 cm³/mol. The lowest BCUT2D eigenvalue weighted by molar-refractivity contribution is -0.123. The van der Waals surface area contributed by atoms with Crippen molar-refractivity contribution in [2.45, 2.75) is 52.3 Å². The fourth-order valence-electron chi connectivity index (χ4n) is 1.81. The van der Waals surface area contributed by atoms with Gasteiger partial charge in [-0.3, -0.25) is 4.79 Å². The van der Waals surface area contributed by atoms with Gasteiger partial charge in [-0.05, 0) is 39.3 Å². The first-order chi connectivity index (χ1) is 9.80. The molecule has 0 aromatic heterocycles. The molecular formula is C16H25BrN2O2. The summed E-state index contributed by atoms with van der Waals surface area (Å²) in [5.41, 5.74) is 1.72. The van der Waals surface area contributed by atoms with Gasteiger partial charge in [-0.1, -0.05) is 28.9 Å². The standard InChI is InChI=1S/C16H25BrN2O2/c1-6-16(3,4)19-15(20)11(2)18-14-9-7-8-13(17)12(14)10-21-5/h7-9,11,18H,6,10H2,1-5H3,(H,19,20). The Bertz CT molecular complexity index is 489. The highest BCUT2D eigenvalue weighted by molar-refractivity contribution is 9.10. The molecule has 0 saturated carbocycles. The number of amides is 1. The van der Waals surface area contributed by atoms with Gasteiger partial charge < -0.3 is 15.4 Å². The SMILES string of the molecule is CCC(C)(C)NC(=O)C(C)Nc1cccc(Br)c1COC. The van der Waals surface area contributed by atoms with Gasteiger partial charge in [0, 0.05) is 28.4 Å². The van der Waals surface area contributed by atoms with E-state index in [0.717, 1.165) is 22.1 Å². The number of hydrogen-bond donors (Lipinski definition) is 2. The Morgan fingerprint density at radius 3 is 2.67 bits per heavy atom. The summed E-state index contributed by atoms with van der Waals surface area (Å²) in [6.45, 7) is 8.45. The molecule has 5 heteroatoms. The second kappa shape index (κ2) is 7.80. The molecule has 1 unspecified atom stereocenters. The van der Waals surface area contributed by atoms with Crippen molar-refractivity contribution in [2.24, 2.45) is 0 Å². The Labute approximate surface area is 135 Å². The minimum atomic E-state index is -0.319. The van der Waals surface area contributed by atoms with Crippen LogP contribution in [-0.2, 0) is 16.1 Å². The summed E-state index contributed by atoms with van der Waals surface area (Å²) in [6.07, 6.45) is 0.886. The van der Waals surface area contributed by atoms with Crippen LogP contribution in [0.15, 0.2) is 22.7 Å². The van der Waals surface area contributed by atoms with Crippen molar-refractivity contribution >= 4 is 27.5 Å². The highest BCUT2D eigenvalue weighted by Crippen LogP contribution is 2.26. The zero-order chi connectivity index (χ0) is 16.0. The summed E-state index contributed by atoms with van der Waals surface area (Å²) in [5, 5.41) is 6.31. The number of rotatable bonds is 7. The number of hydrogen-bond acceptors (Lipinski definition) is 3. The van der Waals surface area contributed by atoms with E-state index >= 15 is 0 Å². The fraction of sp³-hybridized carbons (Fsp3) is 0.562. The lowest BCUT2D eigenvalue weighted by Gasteiger charge is -2.27. The molecule has 0 heterocycles. The van der Waals surface area contributed by atoms with Gasteiger partial charge >= 0.3 is 0 Å². The topological polar surface area (TPSA) is 50.4 Å². The highest BCUT2D eigenvalue weighted by Gasteiger charge is 2.22. The second-order valence-electron chi connectivity index (χ2n) is 5.79. The summed E-state index contributed by atoms with van der Waals surface area (Å²) >= 11 is 3.51. The summed E-state index contributed by atoms with van der Waals surface area (Å²) in [7, 11) is 1.66. The Balaban J connectivity index is 2.81. The van der Waals surface area contributed by atoms with E-state index in [1.54, 1.807) is 7.11 Å². The van der Waals surface area contributed by atoms with Crippen LogP contribution < -0.4 is 10.6 Å². The van der Waals surface area contributed by atoms with Crippen LogP contribution in [0.2, 0.25) is 0 Å². The number of carbonyl (C=O) groups excluding carboxylic acids is 1. The van der Waals surface area contributed by atoms with E-state index in [0.29, 0.717) is 6.61 Å². The molecule has 0 aliphatic heterocycles. The normalized spacial score (nSPS) is 12.9. The highest BCUT2D eigenvalue weighted by atomic mass is 79.9. The molecule has 1 aromatic rings. The Kier molecular flexibility index (Phi) is 6.68. The lowest BCUT2D eigenvalue weighted by atomic mass is 10.0. The van der Waals surface area contributed by atoms with Crippen LogP contribution in [-0.4, -0.2) is 24.6 Å². The van der Waals surface area contributed by atoms with Gasteiger partial charge in [0.05, 0.1) is 6.61 Å². The number of benzene rings is 1. The molecule has 0 bridgehead atoms. The molecule has 0 radical (unpaired) electrons. The molecule has 2 N–H and O–H groups in total. The molecule has 1 aromatic carbocycles. The van der Waals surface area contributed by atoms with Gasteiger partial charge in [-0.15, -0.1) is 0 Å². The van der Waals surface area contributed by atoms with Gasteiger partial charge in [0.25, 0.3) is 0 Å². The number of nitrogens with one attached hydrogen (secondary N) is 2. The number of ether oxygens (including phenoxy) is 1. The largest absolute Gasteiger partial charge is 0.380 e. The first-order valence-electron chi connectivity index (χ1n) is 7.15. The maximum atomic E-state index is 12.3. The van der Waals surface area contributed by atoms with Gasteiger partial charge in [-0.2, -0.15) is 0 Å². The summed E-state index contributed by atoms with van der Waals surface area (Å²) in [6, 6.07) is 5.53. The summed E-state index contributed by atoms with van der Waals surface area (Å²) in [5.74, 6) is -0.00908. The van der Waals surface area contributed by atoms with Crippen LogP contribution in [0.3, 0.4) is 0 Å².